The van der Waals surface area contributed by atoms with E-state index in [9.17, 15) is 4.79 Å². The Hall–Kier alpha value is -2.15. The molecule has 1 saturated carbocycles. The first-order valence-electron chi connectivity index (χ1n) is 8.31. The summed E-state index contributed by atoms with van der Waals surface area (Å²) in [6.45, 7) is 3.96. The number of nitrogen functional groups attached to an aromatic ring is 1. The number of rotatable bonds is 6. The van der Waals surface area contributed by atoms with Crippen LogP contribution in [0.1, 0.15) is 43.9 Å². The fourth-order valence-corrected chi connectivity index (χ4v) is 2.89. The number of aryl methyl sites for hydroxylation is 1. The van der Waals surface area contributed by atoms with Crippen molar-refractivity contribution in [2.45, 2.75) is 51.7 Å². The van der Waals surface area contributed by atoms with Gasteiger partial charge in [0.2, 0.25) is 5.95 Å². The molecular formula is C17H26N4O3. The molecule has 1 aliphatic rings. The summed E-state index contributed by atoms with van der Waals surface area (Å²) in [4.78, 5) is 20.0. The molecule has 0 unspecified atom stereocenters. The van der Waals surface area contributed by atoms with Crippen LogP contribution in [0.4, 0.5) is 11.8 Å². The van der Waals surface area contributed by atoms with E-state index >= 15 is 0 Å². The van der Waals surface area contributed by atoms with Crippen LogP contribution < -0.4 is 11.1 Å². The summed E-state index contributed by atoms with van der Waals surface area (Å²) in [5, 5.41) is 3.44. The smallest absolute Gasteiger partial charge is 0.330 e. The number of nitrogens with two attached hydrogens (primary N) is 1. The fraction of sp³-hybridized carbons (Fsp3) is 0.588. The predicted molar refractivity (Wildman–Crippen MR) is 93.5 cm³/mol. The number of anilines is 2. The zero-order valence-corrected chi connectivity index (χ0v) is 14.5. The molecule has 24 heavy (non-hydrogen) atoms. The van der Waals surface area contributed by atoms with Gasteiger partial charge in [0.1, 0.15) is 5.82 Å². The molecule has 0 spiro atoms. The van der Waals surface area contributed by atoms with E-state index < -0.39 is 0 Å². The summed E-state index contributed by atoms with van der Waals surface area (Å²) in [5.41, 5.74) is 7.26. The maximum atomic E-state index is 11.6. The van der Waals surface area contributed by atoms with Crippen molar-refractivity contribution in [3.63, 3.8) is 0 Å². The van der Waals surface area contributed by atoms with Crippen molar-refractivity contribution in [3.8, 4) is 0 Å². The minimum absolute atomic E-state index is 0.217. The second-order valence-electron chi connectivity index (χ2n) is 5.87. The quantitative estimate of drug-likeness (QED) is 0.608. The average Bonchev–Trinajstić information content (AvgIpc) is 2.55. The second kappa shape index (κ2) is 8.63. The number of carbonyl (C=O) groups excluding carboxylic acids is 1. The van der Waals surface area contributed by atoms with Crippen molar-refractivity contribution in [3.05, 3.63) is 17.3 Å². The molecule has 0 bridgehead atoms. The van der Waals surface area contributed by atoms with Gasteiger partial charge in [0.25, 0.3) is 0 Å². The highest BCUT2D eigenvalue weighted by molar-refractivity contribution is 5.88. The first-order chi connectivity index (χ1) is 11.5. The van der Waals surface area contributed by atoms with Crippen LogP contribution in [-0.4, -0.2) is 41.8 Å². The molecule has 1 heterocycles. The van der Waals surface area contributed by atoms with Gasteiger partial charge in [-0.2, -0.15) is 4.98 Å². The molecule has 0 aromatic carbocycles. The maximum absolute atomic E-state index is 11.6. The summed E-state index contributed by atoms with van der Waals surface area (Å²) in [5.74, 6) is 0.482. The Morgan fingerprint density at radius 1 is 1.33 bits per heavy atom. The highest BCUT2D eigenvalue weighted by Crippen LogP contribution is 2.26. The van der Waals surface area contributed by atoms with E-state index in [1.54, 1.807) is 20.1 Å². The number of methoxy groups -OCH3 is 1. The van der Waals surface area contributed by atoms with Crippen molar-refractivity contribution in [2.75, 3.05) is 24.8 Å². The van der Waals surface area contributed by atoms with Crippen molar-refractivity contribution < 1.29 is 14.3 Å². The number of esters is 1. The van der Waals surface area contributed by atoms with Crippen LogP contribution in [0.15, 0.2) is 6.08 Å². The van der Waals surface area contributed by atoms with E-state index in [0.717, 1.165) is 36.9 Å². The van der Waals surface area contributed by atoms with Crippen LogP contribution >= 0.6 is 0 Å². The molecule has 0 radical (unpaired) electrons. The number of ether oxygens (including phenoxy) is 2. The standard InChI is InChI=1S/C17H26N4O3/c1-4-24-15(22)10-9-14-11(2)19-17(18)21-16(14)20-12-5-7-13(23-3)8-6-12/h9-10,12-13H,4-8H2,1-3H3,(H3,18,19,20,21)/b10-9+/t12-,13-. The van der Waals surface area contributed by atoms with Gasteiger partial charge < -0.3 is 20.5 Å². The molecule has 7 nitrogen and oxygen atoms in total. The Balaban J connectivity index is 2.14. The predicted octanol–water partition coefficient (Wildman–Crippen LogP) is 2.31. The molecule has 1 aromatic heterocycles. The van der Waals surface area contributed by atoms with Crippen LogP contribution in [0.2, 0.25) is 0 Å². The van der Waals surface area contributed by atoms with E-state index in [1.807, 2.05) is 6.92 Å². The van der Waals surface area contributed by atoms with Gasteiger partial charge in [-0.1, -0.05) is 0 Å². The fourth-order valence-electron chi connectivity index (χ4n) is 2.89. The lowest BCUT2D eigenvalue weighted by atomic mass is 9.93. The number of hydrogen-bond donors (Lipinski definition) is 2. The molecule has 132 valence electrons. The van der Waals surface area contributed by atoms with Gasteiger partial charge in [0.05, 0.1) is 18.4 Å². The first kappa shape index (κ1) is 18.2. The van der Waals surface area contributed by atoms with Crippen molar-refractivity contribution in [1.82, 2.24) is 9.97 Å². The van der Waals surface area contributed by atoms with Gasteiger partial charge in [-0.3, -0.25) is 0 Å². The van der Waals surface area contributed by atoms with Gasteiger partial charge in [0, 0.05) is 24.8 Å². The minimum atomic E-state index is -0.389. The zero-order chi connectivity index (χ0) is 17.5. The molecule has 0 saturated heterocycles. The Bertz CT molecular complexity index is 596. The summed E-state index contributed by atoms with van der Waals surface area (Å²) < 4.78 is 10.3. The highest BCUT2D eigenvalue weighted by Gasteiger charge is 2.22. The molecule has 3 N–H and O–H groups in total. The molecule has 0 aliphatic heterocycles. The average molecular weight is 334 g/mol. The van der Waals surface area contributed by atoms with Crippen LogP contribution in [0.5, 0.6) is 0 Å². The topological polar surface area (TPSA) is 99.4 Å². The second-order valence-corrected chi connectivity index (χ2v) is 5.87. The van der Waals surface area contributed by atoms with Crippen LogP contribution in [-0.2, 0) is 14.3 Å². The largest absolute Gasteiger partial charge is 0.463 e. The minimum Gasteiger partial charge on any atom is -0.463 e. The van der Waals surface area contributed by atoms with Crippen molar-refractivity contribution >= 4 is 23.8 Å². The molecule has 0 amide bonds. The van der Waals surface area contributed by atoms with Crippen LogP contribution in [0.25, 0.3) is 6.08 Å². The third kappa shape index (κ3) is 4.92. The van der Waals surface area contributed by atoms with E-state index in [0.29, 0.717) is 24.6 Å². The highest BCUT2D eigenvalue weighted by atomic mass is 16.5. The Kier molecular flexibility index (Phi) is 6.54. The molecule has 1 aromatic rings. The van der Waals surface area contributed by atoms with Crippen LogP contribution in [0, 0.1) is 6.92 Å². The van der Waals surface area contributed by atoms with Gasteiger partial charge in [-0.25, -0.2) is 9.78 Å². The van der Waals surface area contributed by atoms with Gasteiger partial charge >= 0.3 is 5.97 Å². The third-order valence-corrected chi connectivity index (χ3v) is 4.17. The Morgan fingerprint density at radius 3 is 2.67 bits per heavy atom. The molecular weight excluding hydrogens is 308 g/mol. The molecule has 1 fully saturated rings. The Morgan fingerprint density at radius 2 is 2.04 bits per heavy atom. The number of hydrogen-bond acceptors (Lipinski definition) is 7. The molecule has 7 heteroatoms. The summed E-state index contributed by atoms with van der Waals surface area (Å²) in [6.07, 6.45) is 7.44. The third-order valence-electron chi connectivity index (χ3n) is 4.17. The molecule has 1 aliphatic carbocycles. The number of nitrogens with zero attached hydrogens (tertiary/aromatic N) is 2. The van der Waals surface area contributed by atoms with E-state index in [2.05, 4.69) is 15.3 Å². The lowest BCUT2D eigenvalue weighted by Crippen LogP contribution is -2.30. The molecule has 2 rings (SSSR count). The first-order valence-corrected chi connectivity index (χ1v) is 8.31. The van der Waals surface area contributed by atoms with E-state index in [1.165, 1.54) is 6.08 Å². The van der Waals surface area contributed by atoms with Crippen molar-refractivity contribution in [1.29, 1.82) is 0 Å². The van der Waals surface area contributed by atoms with E-state index in [4.69, 9.17) is 15.2 Å². The van der Waals surface area contributed by atoms with Gasteiger partial charge in [-0.15, -0.1) is 0 Å². The van der Waals surface area contributed by atoms with E-state index in [-0.39, 0.29) is 11.9 Å². The van der Waals surface area contributed by atoms with Crippen LogP contribution in [0.3, 0.4) is 0 Å². The maximum Gasteiger partial charge on any atom is 0.330 e. The zero-order valence-electron chi connectivity index (χ0n) is 14.5. The van der Waals surface area contributed by atoms with Crippen molar-refractivity contribution in [2.24, 2.45) is 0 Å². The van der Waals surface area contributed by atoms with Gasteiger partial charge in [-0.05, 0) is 45.6 Å². The molecule has 0 atom stereocenters. The summed E-state index contributed by atoms with van der Waals surface area (Å²) >= 11 is 0. The summed E-state index contributed by atoms with van der Waals surface area (Å²) in [6, 6.07) is 0.305. The number of carbonyl (C=O) groups is 1. The lowest BCUT2D eigenvalue weighted by Gasteiger charge is -2.29. The lowest BCUT2D eigenvalue weighted by molar-refractivity contribution is -0.137. The monoisotopic (exact) mass is 334 g/mol. The number of nitrogens with one attached hydrogen (secondary N) is 1. The number of aromatic nitrogens is 2. The summed E-state index contributed by atoms with van der Waals surface area (Å²) in [7, 11) is 1.76. The normalized spacial score (nSPS) is 21.0. The Labute approximate surface area is 142 Å². The van der Waals surface area contributed by atoms with Gasteiger partial charge in [0.15, 0.2) is 0 Å². The SMILES string of the molecule is CCOC(=O)/C=C/c1c(C)nc(N)nc1N[C@H]1CC[C@H](OC)CC1.